The molecule has 1 aromatic carbocycles. The van der Waals surface area contributed by atoms with Gasteiger partial charge < -0.3 is 19.3 Å². The van der Waals surface area contributed by atoms with E-state index in [1.165, 1.54) is 26.8 Å². The number of Topliss-reactive ketones (excluding diaryl/α,β-unsaturated/α-hetero) is 1. The van der Waals surface area contributed by atoms with E-state index in [9.17, 15) is 41.6 Å². The third-order valence-corrected chi connectivity index (χ3v) is 12.5. The van der Waals surface area contributed by atoms with Gasteiger partial charge in [-0.15, -0.1) is 6.58 Å². The Morgan fingerprint density at radius 2 is 1.84 bits per heavy atom. The summed E-state index contributed by atoms with van der Waals surface area (Å²) >= 11 is 0. The highest BCUT2D eigenvalue weighted by Gasteiger charge is 2.61. The fraction of sp³-hybridized carbons (Fsp3) is 0.590. The first-order valence-corrected chi connectivity index (χ1v) is 20.2. The van der Waals surface area contributed by atoms with Gasteiger partial charge in [0.1, 0.15) is 17.5 Å². The maximum Gasteiger partial charge on any atom is 0.410 e. The number of carbonyl (C=O) groups is 6. The first-order chi connectivity index (χ1) is 25.8. The smallest absolute Gasteiger partial charge is 0.410 e. The van der Waals surface area contributed by atoms with Gasteiger partial charge in [0.2, 0.25) is 27.7 Å². The second-order valence-electron chi connectivity index (χ2n) is 16.0. The van der Waals surface area contributed by atoms with Crippen molar-refractivity contribution >= 4 is 45.6 Å². The number of benzene rings is 1. The third-order valence-electron chi connectivity index (χ3n) is 10.7. The number of ketones is 1. The van der Waals surface area contributed by atoms with E-state index in [2.05, 4.69) is 17.9 Å². The van der Waals surface area contributed by atoms with Crippen LogP contribution in [0.1, 0.15) is 83.8 Å². The van der Waals surface area contributed by atoms with Gasteiger partial charge in [-0.25, -0.2) is 17.6 Å². The topological polar surface area (TPSA) is 177 Å². The number of nitrogens with zero attached hydrogens (tertiary/aromatic N) is 3. The van der Waals surface area contributed by atoms with Crippen molar-refractivity contribution in [2.24, 2.45) is 17.3 Å². The van der Waals surface area contributed by atoms with Crippen LogP contribution in [0.5, 0.6) is 0 Å². The van der Waals surface area contributed by atoms with Gasteiger partial charge in [0.05, 0.1) is 42.1 Å². The summed E-state index contributed by atoms with van der Waals surface area (Å²) in [7, 11) is -3.91. The molecule has 2 aliphatic heterocycles. The highest BCUT2D eigenvalue weighted by atomic mass is 32.2. The Bertz CT molecular complexity index is 1860. The molecule has 1 unspecified atom stereocenters. The minimum absolute atomic E-state index is 0.0180. The molecule has 1 N–H and O–H groups in total. The van der Waals surface area contributed by atoms with Crippen LogP contribution in [0.15, 0.2) is 43.5 Å². The van der Waals surface area contributed by atoms with Gasteiger partial charge in [-0.3, -0.25) is 33.6 Å². The summed E-state index contributed by atoms with van der Waals surface area (Å²) in [5.41, 5.74) is -1.22. The normalized spacial score (nSPS) is 23.6. The number of sulfonamides is 1. The Hall–Kier alpha value is -4.60. The minimum atomic E-state index is -3.91. The van der Waals surface area contributed by atoms with Crippen molar-refractivity contribution in [3.8, 4) is 0 Å². The zero-order chi connectivity index (χ0) is 40.5. The number of hydrogen-bond donors (Lipinski definition) is 1. The number of ether oxygens (including phenoxy) is 2. The summed E-state index contributed by atoms with van der Waals surface area (Å²) in [6.07, 6.45) is 1.39. The van der Waals surface area contributed by atoms with Crippen LogP contribution in [0.2, 0.25) is 0 Å². The Morgan fingerprint density at radius 1 is 1.13 bits per heavy atom. The fourth-order valence-electron chi connectivity index (χ4n) is 7.62. The van der Waals surface area contributed by atoms with Crippen molar-refractivity contribution in [2.75, 3.05) is 19.6 Å². The summed E-state index contributed by atoms with van der Waals surface area (Å²) in [6.45, 7) is 13.6. The Morgan fingerprint density at radius 3 is 2.42 bits per heavy atom. The summed E-state index contributed by atoms with van der Waals surface area (Å²) < 4.78 is 53.5. The number of rotatable bonds is 16. The molecule has 1 aromatic rings. The average molecular weight is 787 g/mol. The third kappa shape index (κ3) is 9.62. The van der Waals surface area contributed by atoms with Crippen LogP contribution in [0.25, 0.3) is 0 Å². The molecule has 0 bridgehead atoms. The van der Waals surface area contributed by atoms with Gasteiger partial charge >= 0.3 is 12.1 Å². The number of carbonyl (C=O) groups excluding carboxylic acids is 6. The Labute approximate surface area is 321 Å². The number of hydrogen-bond acceptors (Lipinski definition) is 10. The van der Waals surface area contributed by atoms with Crippen LogP contribution in [-0.2, 0) is 56.6 Å². The zero-order valence-corrected chi connectivity index (χ0v) is 32.7. The average Bonchev–Trinajstić information content (AvgIpc) is 4.00. The van der Waals surface area contributed by atoms with Gasteiger partial charge in [-0.05, 0) is 63.7 Å². The molecule has 300 valence electrons. The molecule has 0 radical (unpaired) electrons. The van der Waals surface area contributed by atoms with Crippen LogP contribution >= 0.6 is 0 Å². The van der Waals surface area contributed by atoms with E-state index in [1.807, 2.05) is 6.92 Å². The lowest BCUT2D eigenvalue weighted by atomic mass is 9.90. The van der Waals surface area contributed by atoms with Crippen LogP contribution in [0.4, 0.5) is 9.18 Å². The van der Waals surface area contributed by atoms with Gasteiger partial charge in [-0.2, -0.15) is 0 Å². The highest BCUT2D eigenvalue weighted by Crippen LogP contribution is 2.58. The molecule has 55 heavy (non-hydrogen) atoms. The van der Waals surface area contributed by atoms with E-state index < -0.39 is 92.2 Å². The molecule has 2 aliphatic carbocycles. The zero-order valence-electron chi connectivity index (χ0n) is 31.9. The number of fused-ring (bicyclic) bond motifs is 1. The molecule has 2 heterocycles. The molecule has 0 aromatic heterocycles. The van der Waals surface area contributed by atoms with E-state index >= 15 is 0 Å². The largest absolute Gasteiger partial charge is 0.460 e. The summed E-state index contributed by atoms with van der Waals surface area (Å²) in [6, 6.07) is 3.32. The quantitative estimate of drug-likeness (QED) is 0.148. The van der Waals surface area contributed by atoms with Crippen molar-refractivity contribution in [1.29, 1.82) is 0 Å². The van der Waals surface area contributed by atoms with Gasteiger partial charge in [0.25, 0.3) is 0 Å². The molecule has 14 nitrogen and oxygen atoms in total. The van der Waals surface area contributed by atoms with E-state index in [1.54, 1.807) is 32.9 Å². The first kappa shape index (κ1) is 41.6. The van der Waals surface area contributed by atoms with E-state index in [-0.39, 0.29) is 57.9 Å². The van der Waals surface area contributed by atoms with Crippen molar-refractivity contribution < 1.29 is 51.0 Å². The number of amides is 4. The molecular formula is C39H51FN4O10S. The summed E-state index contributed by atoms with van der Waals surface area (Å²) in [4.78, 5) is 85.8. The maximum absolute atomic E-state index is 14.6. The molecule has 3 fully saturated rings. The number of nitrogens with one attached hydrogen (secondary N) is 1. The Balaban J connectivity index is 1.42. The lowest BCUT2D eigenvalue weighted by Gasteiger charge is -2.31. The Kier molecular flexibility index (Phi) is 12.3. The standard InChI is InChI=1S/C39H51FN4O10S/c1-7-15-42(33(46)9-3)21-25(16-34(47)54-38(4,5)6)35(48)44-22-27(53-37(50)43-20-24-11-10-12-30(40)29(24)23-43)17-31(44)32(45)19-39(18-26(39)8-2)36(49)41-55(51,52)28-13-14-28/h7,9-12,25-28,31H,1,3,8,13-23H2,2,4-6H3,(H,41,49)/t25-,26+,27?,31-,39+/m0/s1. The van der Waals surface area contributed by atoms with Crippen LogP contribution in [-0.4, -0.2) is 101 Å². The molecular weight excluding hydrogens is 736 g/mol. The van der Waals surface area contributed by atoms with Gasteiger partial charge in [0, 0.05) is 38.0 Å². The summed E-state index contributed by atoms with van der Waals surface area (Å²) in [5.74, 6) is -5.20. The highest BCUT2D eigenvalue weighted by molar-refractivity contribution is 7.90. The molecule has 5 atom stereocenters. The lowest BCUT2D eigenvalue weighted by Crippen LogP contribution is -2.49. The molecule has 16 heteroatoms. The van der Waals surface area contributed by atoms with Gasteiger partial charge in [0.15, 0.2) is 5.78 Å². The number of likely N-dealkylation sites (tertiary alicyclic amines) is 1. The van der Waals surface area contributed by atoms with E-state index in [0.29, 0.717) is 30.4 Å². The van der Waals surface area contributed by atoms with Crippen LogP contribution in [0.3, 0.4) is 0 Å². The van der Waals surface area contributed by atoms with Crippen molar-refractivity contribution in [3.63, 3.8) is 0 Å². The predicted molar refractivity (Wildman–Crippen MR) is 197 cm³/mol. The van der Waals surface area contributed by atoms with Crippen LogP contribution < -0.4 is 4.72 Å². The fourth-order valence-corrected chi connectivity index (χ4v) is 9.01. The molecule has 2 saturated carbocycles. The SMILES string of the molecule is C=CCN(C[C@H](CC(=O)OC(C)(C)C)C(=O)N1CC(OC(=O)N2Cc3cccc(F)c3C2)C[C@H]1C(=O)C[C@]1(C(=O)NS(=O)(=O)C2CC2)C[C@H]1CC)C(=O)C=C. The minimum Gasteiger partial charge on any atom is -0.460 e. The number of esters is 1. The van der Waals surface area contributed by atoms with Crippen molar-refractivity contribution in [3.05, 3.63) is 60.5 Å². The maximum atomic E-state index is 14.6. The molecule has 4 amide bonds. The monoisotopic (exact) mass is 786 g/mol. The van der Waals surface area contributed by atoms with E-state index in [0.717, 1.165) is 6.08 Å². The van der Waals surface area contributed by atoms with Crippen molar-refractivity contribution in [2.45, 2.75) is 109 Å². The molecule has 0 spiro atoms. The first-order valence-electron chi connectivity index (χ1n) is 18.7. The lowest BCUT2D eigenvalue weighted by molar-refractivity contribution is -0.159. The summed E-state index contributed by atoms with van der Waals surface area (Å²) in [5, 5.41) is -0.656. The van der Waals surface area contributed by atoms with Crippen LogP contribution in [0, 0.1) is 23.1 Å². The molecule has 4 aliphatic rings. The second-order valence-corrected chi connectivity index (χ2v) is 17.9. The van der Waals surface area contributed by atoms with Crippen molar-refractivity contribution in [1.82, 2.24) is 19.4 Å². The van der Waals surface area contributed by atoms with E-state index in [4.69, 9.17) is 9.47 Å². The predicted octanol–water partition coefficient (Wildman–Crippen LogP) is 3.78. The number of halogens is 1. The molecule has 1 saturated heterocycles. The molecule has 5 rings (SSSR count). The second kappa shape index (κ2) is 16.2. The van der Waals surface area contributed by atoms with Gasteiger partial charge in [-0.1, -0.05) is 38.1 Å².